The minimum absolute atomic E-state index is 0.0978. The van der Waals surface area contributed by atoms with Crippen LogP contribution in [-0.4, -0.2) is 24.4 Å². The second-order valence-corrected chi connectivity index (χ2v) is 3.57. The van der Waals surface area contributed by atoms with E-state index in [0.717, 1.165) is 4.47 Å². The van der Waals surface area contributed by atoms with Gasteiger partial charge in [-0.2, -0.15) is 5.10 Å². The summed E-state index contributed by atoms with van der Waals surface area (Å²) in [7, 11) is 1.49. The first-order chi connectivity index (χ1) is 7.13. The third-order valence-electron chi connectivity index (χ3n) is 1.59. The third kappa shape index (κ3) is 3.59. The summed E-state index contributed by atoms with van der Waals surface area (Å²) in [5.74, 6) is 0.0978. The Hall–Kier alpha value is -1.56. The van der Waals surface area contributed by atoms with E-state index in [4.69, 9.17) is 0 Å². The number of phenolic OH excluding ortho intramolecular Hbond substituents is 1. The number of hydrogen-bond acceptors (Lipinski definition) is 3. The van der Waals surface area contributed by atoms with Gasteiger partial charge < -0.3 is 10.4 Å². The number of carbonyl (C=O) groups is 1. The van der Waals surface area contributed by atoms with Crippen molar-refractivity contribution in [3.8, 4) is 5.75 Å². The quantitative estimate of drug-likeness (QED) is 0.562. The Bertz CT molecular complexity index is 393. The molecule has 0 atom stereocenters. The molecule has 0 spiro atoms. The predicted molar refractivity (Wildman–Crippen MR) is 61.0 cm³/mol. The zero-order valence-electron chi connectivity index (χ0n) is 7.99. The maximum absolute atomic E-state index is 10.7. The molecule has 0 heterocycles. The van der Waals surface area contributed by atoms with Gasteiger partial charge in [-0.25, -0.2) is 10.2 Å². The second kappa shape index (κ2) is 5.35. The normalized spacial score (nSPS) is 10.3. The van der Waals surface area contributed by atoms with E-state index in [1.54, 1.807) is 12.1 Å². The monoisotopic (exact) mass is 271 g/mol. The van der Waals surface area contributed by atoms with Crippen LogP contribution >= 0.6 is 15.9 Å². The third-order valence-corrected chi connectivity index (χ3v) is 2.08. The van der Waals surface area contributed by atoms with Crippen molar-refractivity contribution in [3.05, 3.63) is 28.2 Å². The predicted octanol–water partition coefficient (Wildman–Crippen LogP) is 1.42. The Labute approximate surface area is 95.3 Å². The standard InChI is InChI=1S/C9H10BrN3O2/c1-11-9(15)13-12-5-6-4-7(10)2-3-8(6)14/h2-5,14H,1H3,(H2,11,13,15)/b12-5+. The lowest BCUT2D eigenvalue weighted by Crippen LogP contribution is -2.28. The van der Waals surface area contributed by atoms with Crippen molar-refractivity contribution < 1.29 is 9.90 Å². The van der Waals surface area contributed by atoms with Gasteiger partial charge in [0.2, 0.25) is 0 Å². The molecule has 1 rings (SSSR count). The maximum atomic E-state index is 10.7. The molecule has 0 unspecified atom stereocenters. The Morgan fingerprint density at radius 1 is 1.60 bits per heavy atom. The van der Waals surface area contributed by atoms with Gasteiger partial charge in [0, 0.05) is 17.1 Å². The summed E-state index contributed by atoms with van der Waals surface area (Å²) in [4.78, 5) is 10.7. The molecule has 3 N–H and O–H groups in total. The van der Waals surface area contributed by atoms with E-state index < -0.39 is 6.03 Å². The molecule has 0 aromatic heterocycles. The van der Waals surface area contributed by atoms with E-state index >= 15 is 0 Å². The molecular formula is C9H10BrN3O2. The number of nitrogens with zero attached hydrogens (tertiary/aromatic N) is 1. The molecule has 1 aromatic rings. The molecule has 0 aliphatic carbocycles. The molecule has 1 aromatic carbocycles. The zero-order valence-corrected chi connectivity index (χ0v) is 9.58. The van der Waals surface area contributed by atoms with Crippen LogP contribution in [-0.2, 0) is 0 Å². The summed E-state index contributed by atoms with van der Waals surface area (Å²) in [6.45, 7) is 0. The number of carbonyl (C=O) groups excluding carboxylic acids is 1. The van der Waals surface area contributed by atoms with Crippen LogP contribution in [0.2, 0.25) is 0 Å². The first-order valence-electron chi connectivity index (χ1n) is 4.13. The first kappa shape index (κ1) is 11.5. The average molecular weight is 272 g/mol. The SMILES string of the molecule is CNC(=O)N/N=C/c1cc(Br)ccc1O. The van der Waals surface area contributed by atoms with Crippen molar-refractivity contribution in [1.29, 1.82) is 0 Å². The Balaban J connectivity index is 2.71. The van der Waals surface area contributed by atoms with Gasteiger partial charge in [-0.15, -0.1) is 0 Å². The van der Waals surface area contributed by atoms with Crippen LogP contribution in [0.4, 0.5) is 4.79 Å². The fourth-order valence-electron chi connectivity index (χ4n) is 0.845. The molecule has 15 heavy (non-hydrogen) atoms. The van der Waals surface area contributed by atoms with E-state index in [-0.39, 0.29) is 5.75 Å². The van der Waals surface area contributed by atoms with E-state index in [9.17, 15) is 9.90 Å². The van der Waals surface area contributed by atoms with Crippen LogP contribution in [0.25, 0.3) is 0 Å². The number of nitrogens with one attached hydrogen (secondary N) is 2. The number of hydrogen-bond donors (Lipinski definition) is 3. The number of benzene rings is 1. The van der Waals surface area contributed by atoms with Crippen molar-refractivity contribution in [2.24, 2.45) is 5.10 Å². The average Bonchev–Trinajstić information content (AvgIpc) is 2.23. The van der Waals surface area contributed by atoms with Gasteiger partial charge in [0.1, 0.15) is 5.75 Å². The molecular weight excluding hydrogens is 262 g/mol. The van der Waals surface area contributed by atoms with Crippen LogP contribution in [0.15, 0.2) is 27.8 Å². The second-order valence-electron chi connectivity index (χ2n) is 2.65. The highest BCUT2D eigenvalue weighted by Crippen LogP contribution is 2.19. The summed E-state index contributed by atoms with van der Waals surface area (Å²) in [6, 6.07) is 4.51. The molecule has 0 fully saturated rings. The Kier molecular flexibility index (Phi) is 4.11. The van der Waals surface area contributed by atoms with Crippen molar-refractivity contribution >= 4 is 28.2 Å². The van der Waals surface area contributed by atoms with E-state index in [0.29, 0.717) is 5.56 Å². The fraction of sp³-hybridized carbons (Fsp3) is 0.111. The largest absolute Gasteiger partial charge is 0.507 e. The summed E-state index contributed by atoms with van der Waals surface area (Å²) >= 11 is 3.26. The first-order valence-corrected chi connectivity index (χ1v) is 4.92. The number of urea groups is 1. The van der Waals surface area contributed by atoms with Gasteiger partial charge >= 0.3 is 6.03 Å². The van der Waals surface area contributed by atoms with Crippen LogP contribution in [0.3, 0.4) is 0 Å². The number of hydrazone groups is 1. The van der Waals surface area contributed by atoms with Crippen molar-refractivity contribution in [2.75, 3.05) is 7.05 Å². The topological polar surface area (TPSA) is 73.7 Å². The number of aromatic hydroxyl groups is 1. The molecule has 0 radical (unpaired) electrons. The lowest BCUT2D eigenvalue weighted by atomic mass is 10.2. The molecule has 0 saturated carbocycles. The number of phenols is 1. The van der Waals surface area contributed by atoms with Crippen molar-refractivity contribution in [1.82, 2.24) is 10.7 Å². The minimum atomic E-state index is -0.416. The van der Waals surface area contributed by atoms with Crippen LogP contribution < -0.4 is 10.7 Å². The van der Waals surface area contributed by atoms with Crippen molar-refractivity contribution in [3.63, 3.8) is 0 Å². The van der Waals surface area contributed by atoms with E-state index in [1.807, 2.05) is 0 Å². The number of rotatable bonds is 2. The highest BCUT2D eigenvalue weighted by Gasteiger charge is 1.98. The molecule has 2 amide bonds. The van der Waals surface area contributed by atoms with Crippen LogP contribution in [0.1, 0.15) is 5.56 Å². The molecule has 80 valence electrons. The van der Waals surface area contributed by atoms with Gasteiger partial charge in [-0.05, 0) is 18.2 Å². The zero-order chi connectivity index (χ0) is 11.3. The van der Waals surface area contributed by atoms with E-state index in [1.165, 1.54) is 19.3 Å². The minimum Gasteiger partial charge on any atom is -0.507 e. The van der Waals surface area contributed by atoms with Gasteiger partial charge in [0.05, 0.1) is 6.21 Å². The van der Waals surface area contributed by atoms with Gasteiger partial charge in [0.25, 0.3) is 0 Å². The summed E-state index contributed by atoms with van der Waals surface area (Å²) < 4.78 is 0.821. The Morgan fingerprint density at radius 2 is 2.33 bits per heavy atom. The molecule has 0 aliphatic rings. The fourth-order valence-corrected chi connectivity index (χ4v) is 1.22. The lowest BCUT2D eigenvalue weighted by Gasteiger charge is -1.99. The highest BCUT2D eigenvalue weighted by molar-refractivity contribution is 9.10. The Morgan fingerprint density at radius 3 is 3.00 bits per heavy atom. The lowest BCUT2D eigenvalue weighted by molar-refractivity contribution is 0.243. The molecule has 6 heteroatoms. The van der Waals surface area contributed by atoms with Gasteiger partial charge in [-0.3, -0.25) is 0 Å². The molecule has 0 saturated heterocycles. The molecule has 0 bridgehead atoms. The van der Waals surface area contributed by atoms with Gasteiger partial charge in [0.15, 0.2) is 0 Å². The highest BCUT2D eigenvalue weighted by atomic mass is 79.9. The van der Waals surface area contributed by atoms with Gasteiger partial charge in [-0.1, -0.05) is 15.9 Å². The smallest absolute Gasteiger partial charge is 0.334 e. The maximum Gasteiger partial charge on any atom is 0.334 e. The summed E-state index contributed by atoms with van der Waals surface area (Å²) in [6.07, 6.45) is 1.36. The van der Waals surface area contributed by atoms with E-state index in [2.05, 4.69) is 31.8 Å². The summed E-state index contributed by atoms with van der Waals surface area (Å²) in [5, 5.41) is 15.4. The van der Waals surface area contributed by atoms with Crippen LogP contribution in [0, 0.1) is 0 Å². The number of amides is 2. The number of halogens is 1. The van der Waals surface area contributed by atoms with Crippen LogP contribution in [0.5, 0.6) is 5.75 Å². The molecule has 0 aliphatic heterocycles. The van der Waals surface area contributed by atoms with Crippen molar-refractivity contribution in [2.45, 2.75) is 0 Å². The molecule has 5 nitrogen and oxygen atoms in total. The summed E-state index contributed by atoms with van der Waals surface area (Å²) in [5.41, 5.74) is 2.74.